The van der Waals surface area contributed by atoms with Crippen molar-refractivity contribution in [3.05, 3.63) is 78.0 Å². The third-order valence-corrected chi connectivity index (χ3v) is 4.29. The van der Waals surface area contributed by atoms with Crippen LogP contribution in [0.4, 0.5) is 4.79 Å². The molecule has 1 aliphatic heterocycles. The molecule has 2 atom stereocenters. The van der Waals surface area contributed by atoms with Gasteiger partial charge >= 0.3 is 6.09 Å². The number of cyclic esters (lactones) is 1. The van der Waals surface area contributed by atoms with Gasteiger partial charge in [-0.3, -0.25) is 4.90 Å². The van der Waals surface area contributed by atoms with Crippen LogP contribution in [0.2, 0.25) is 0 Å². The molecule has 3 rings (SSSR count). The highest BCUT2D eigenvalue weighted by molar-refractivity contribution is 5.77. The number of hydrogen-bond acceptors (Lipinski definition) is 2. The Morgan fingerprint density at radius 3 is 2.30 bits per heavy atom. The molecule has 0 saturated carbocycles. The fraction of sp³-hybridized carbons (Fsp3) is 0.250. The van der Waals surface area contributed by atoms with E-state index in [9.17, 15) is 4.79 Å². The minimum atomic E-state index is -0.272. The van der Waals surface area contributed by atoms with Crippen molar-refractivity contribution in [1.82, 2.24) is 4.90 Å². The lowest BCUT2D eigenvalue weighted by molar-refractivity contribution is 0.166. The summed E-state index contributed by atoms with van der Waals surface area (Å²) in [6.45, 7) is 4.61. The van der Waals surface area contributed by atoms with E-state index in [2.05, 4.69) is 31.2 Å². The van der Waals surface area contributed by atoms with Gasteiger partial charge in [-0.05, 0) is 23.6 Å². The molecule has 0 aliphatic carbocycles. The van der Waals surface area contributed by atoms with E-state index < -0.39 is 0 Å². The average molecular weight is 307 g/mol. The maximum atomic E-state index is 12.0. The first-order valence-corrected chi connectivity index (χ1v) is 7.94. The van der Waals surface area contributed by atoms with Gasteiger partial charge in [-0.25, -0.2) is 4.79 Å². The van der Waals surface area contributed by atoms with Crippen LogP contribution in [0.15, 0.2) is 66.9 Å². The third-order valence-electron chi connectivity index (χ3n) is 4.29. The van der Waals surface area contributed by atoms with Crippen LogP contribution in [0.25, 0.3) is 5.57 Å². The van der Waals surface area contributed by atoms with Crippen LogP contribution in [-0.4, -0.2) is 23.6 Å². The van der Waals surface area contributed by atoms with E-state index in [4.69, 9.17) is 4.74 Å². The largest absolute Gasteiger partial charge is 0.447 e. The second kappa shape index (κ2) is 6.69. The number of benzene rings is 2. The topological polar surface area (TPSA) is 29.5 Å². The monoisotopic (exact) mass is 307 g/mol. The average Bonchev–Trinajstić information content (AvgIpc) is 2.92. The molecule has 0 spiro atoms. The van der Waals surface area contributed by atoms with E-state index in [-0.39, 0.29) is 18.1 Å². The molecule has 2 aromatic carbocycles. The number of ether oxygens (including phenoxy) is 1. The molecule has 118 valence electrons. The van der Waals surface area contributed by atoms with E-state index in [1.54, 1.807) is 4.90 Å². The number of rotatable bonds is 4. The molecule has 23 heavy (non-hydrogen) atoms. The van der Waals surface area contributed by atoms with Gasteiger partial charge < -0.3 is 4.74 Å². The van der Waals surface area contributed by atoms with Gasteiger partial charge in [0.05, 0.1) is 6.04 Å². The van der Waals surface area contributed by atoms with Crippen molar-refractivity contribution < 1.29 is 9.53 Å². The Bertz CT molecular complexity index is 694. The van der Waals surface area contributed by atoms with Gasteiger partial charge in [-0.1, -0.05) is 67.6 Å². The Labute approximate surface area is 137 Å². The first-order chi connectivity index (χ1) is 11.2. The second-order valence-electron chi connectivity index (χ2n) is 5.92. The predicted molar refractivity (Wildman–Crippen MR) is 91.9 cm³/mol. The molecule has 0 N–H and O–H groups in total. The molecule has 1 heterocycles. The van der Waals surface area contributed by atoms with Crippen LogP contribution in [0, 0.1) is 0 Å². The Morgan fingerprint density at radius 1 is 1.13 bits per heavy atom. The fourth-order valence-corrected chi connectivity index (χ4v) is 2.84. The Balaban J connectivity index is 2.02. The summed E-state index contributed by atoms with van der Waals surface area (Å²) >= 11 is 0. The van der Waals surface area contributed by atoms with Gasteiger partial charge in [0.1, 0.15) is 6.61 Å². The molecule has 1 aliphatic rings. The lowest BCUT2D eigenvalue weighted by Gasteiger charge is -2.21. The van der Waals surface area contributed by atoms with Gasteiger partial charge in [0.15, 0.2) is 0 Å². The lowest BCUT2D eigenvalue weighted by Crippen LogP contribution is -2.26. The molecule has 1 saturated heterocycles. The second-order valence-corrected chi connectivity index (χ2v) is 5.92. The summed E-state index contributed by atoms with van der Waals surface area (Å²) < 4.78 is 5.14. The van der Waals surface area contributed by atoms with Gasteiger partial charge in [0.2, 0.25) is 0 Å². The minimum Gasteiger partial charge on any atom is -0.447 e. The highest BCUT2D eigenvalue weighted by Gasteiger charge is 2.29. The van der Waals surface area contributed by atoms with Gasteiger partial charge in [0, 0.05) is 12.1 Å². The molecule has 3 heteroatoms. The van der Waals surface area contributed by atoms with Gasteiger partial charge in [-0.2, -0.15) is 0 Å². The third kappa shape index (κ3) is 3.29. The summed E-state index contributed by atoms with van der Waals surface area (Å²) in [4.78, 5) is 13.7. The van der Waals surface area contributed by atoms with Gasteiger partial charge in [0.25, 0.3) is 0 Å². The molecule has 0 bridgehead atoms. The number of nitrogens with zero attached hydrogens (tertiary/aromatic N) is 1. The number of hydrogen-bond donors (Lipinski definition) is 0. The zero-order valence-electron chi connectivity index (χ0n) is 13.5. The molecule has 0 aromatic heterocycles. The fourth-order valence-electron chi connectivity index (χ4n) is 2.84. The summed E-state index contributed by atoms with van der Waals surface area (Å²) in [6, 6.07) is 20.6. The van der Waals surface area contributed by atoms with Crippen molar-refractivity contribution in [3.8, 4) is 0 Å². The zero-order chi connectivity index (χ0) is 16.2. The van der Waals surface area contributed by atoms with Crippen molar-refractivity contribution >= 4 is 11.7 Å². The van der Waals surface area contributed by atoms with Crippen molar-refractivity contribution in [3.63, 3.8) is 0 Å². The maximum Gasteiger partial charge on any atom is 0.414 e. The quantitative estimate of drug-likeness (QED) is 0.821. The Kier molecular flexibility index (Phi) is 4.47. The van der Waals surface area contributed by atoms with E-state index >= 15 is 0 Å². The Hall–Kier alpha value is -2.55. The minimum absolute atomic E-state index is 0.0594. The van der Waals surface area contributed by atoms with Crippen LogP contribution in [0.3, 0.4) is 0 Å². The summed E-state index contributed by atoms with van der Waals surface area (Å²) in [6.07, 6.45) is 1.68. The molecule has 0 radical (unpaired) electrons. The maximum absolute atomic E-state index is 12.0. The highest BCUT2D eigenvalue weighted by Crippen LogP contribution is 2.33. The van der Waals surface area contributed by atoms with Crippen LogP contribution >= 0.6 is 0 Å². The van der Waals surface area contributed by atoms with Crippen LogP contribution in [-0.2, 0) is 4.74 Å². The van der Waals surface area contributed by atoms with Crippen LogP contribution in [0.1, 0.15) is 30.9 Å². The van der Waals surface area contributed by atoms with Gasteiger partial charge in [-0.15, -0.1) is 0 Å². The summed E-state index contributed by atoms with van der Waals surface area (Å²) in [5.41, 5.74) is 3.46. The molecular formula is C20H21NO2. The van der Waals surface area contributed by atoms with Crippen molar-refractivity contribution in [2.75, 3.05) is 6.61 Å². The first kappa shape index (κ1) is 15.3. The molecule has 3 nitrogen and oxygen atoms in total. The normalized spacial score (nSPS) is 19.6. The van der Waals surface area contributed by atoms with Crippen molar-refractivity contribution in [2.24, 2.45) is 0 Å². The molecule has 1 fully saturated rings. The molecule has 1 amide bonds. The lowest BCUT2D eigenvalue weighted by atomic mass is 9.88. The molecule has 0 unspecified atom stereocenters. The van der Waals surface area contributed by atoms with E-state index in [0.717, 1.165) is 11.1 Å². The summed E-state index contributed by atoms with van der Waals surface area (Å²) in [5, 5.41) is 0. The van der Waals surface area contributed by atoms with E-state index in [0.29, 0.717) is 6.61 Å². The smallest absolute Gasteiger partial charge is 0.414 e. The zero-order valence-corrected chi connectivity index (χ0v) is 13.5. The van der Waals surface area contributed by atoms with E-state index in [1.165, 1.54) is 5.56 Å². The predicted octanol–water partition coefficient (Wildman–Crippen LogP) is 4.67. The number of allylic oxidation sites excluding steroid dienone is 1. The number of amides is 1. The number of carbonyl (C=O) groups excluding carboxylic acids is 1. The first-order valence-electron chi connectivity index (χ1n) is 7.94. The summed E-state index contributed by atoms with van der Waals surface area (Å²) in [7, 11) is 0. The van der Waals surface area contributed by atoms with Crippen LogP contribution in [0.5, 0.6) is 0 Å². The molecule has 2 aromatic rings. The van der Waals surface area contributed by atoms with Crippen LogP contribution < -0.4 is 0 Å². The number of carbonyl (C=O) groups is 1. The van der Waals surface area contributed by atoms with Crippen molar-refractivity contribution in [2.45, 2.75) is 25.8 Å². The van der Waals surface area contributed by atoms with E-state index in [1.807, 2.05) is 49.5 Å². The Morgan fingerprint density at radius 2 is 1.74 bits per heavy atom. The summed E-state index contributed by atoms with van der Waals surface area (Å²) in [5.74, 6) is 0.180. The standard InChI is InChI=1S/C20H21NO2/c1-15-14-23-20(22)21(15)13-19(18-11-7-4-8-12-18)16(2)17-9-5-3-6-10-17/h3-13,15-16H,14H2,1-2H3/b19-13-/t15-,16+/m1/s1. The SMILES string of the molecule is C[C@H](/C(=C/N1C(=O)OC[C@H]1C)c1ccccc1)c1ccccc1. The van der Waals surface area contributed by atoms with Crippen molar-refractivity contribution in [1.29, 1.82) is 0 Å². The highest BCUT2D eigenvalue weighted by atomic mass is 16.6. The molecular weight excluding hydrogens is 286 g/mol.